The third-order valence-electron chi connectivity index (χ3n) is 4.70. The van der Waals surface area contributed by atoms with E-state index in [1.165, 1.54) is 18.7 Å². The summed E-state index contributed by atoms with van der Waals surface area (Å²) in [6.45, 7) is 1.07. The van der Waals surface area contributed by atoms with Gasteiger partial charge < -0.3 is 10.1 Å². The molecule has 0 spiro atoms. The first kappa shape index (κ1) is 20.4. The van der Waals surface area contributed by atoms with E-state index in [4.69, 9.17) is 16.3 Å². The molecule has 28 heavy (non-hydrogen) atoms. The number of nitrogens with one attached hydrogen (secondary N) is 1. The number of hydrogen-bond acceptors (Lipinski definition) is 5. The molecule has 0 aliphatic heterocycles. The minimum absolute atomic E-state index is 0.218. The number of thioether (sulfide) groups is 1. The van der Waals surface area contributed by atoms with E-state index in [0.29, 0.717) is 29.1 Å². The highest BCUT2D eigenvalue weighted by atomic mass is 35.5. The predicted molar refractivity (Wildman–Crippen MR) is 110 cm³/mol. The van der Waals surface area contributed by atoms with E-state index in [2.05, 4.69) is 5.32 Å². The van der Waals surface area contributed by atoms with E-state index in [1.54, 1.807) is 30.3 Å². The zero-order valence-corrected chi connectivity index (χ0v) is 17.2. The van der Waals surface area contributed by atoms with Gasteiger partial charge in [-0.3, -0.25) is 14.4 Å². The fourth-order valence-electron chi connectivity index (χ4n) is 3.03. The molecule has 1 fully saturated rings. The molecule has 0 bridgehead atoms. The number of ether oxygens (including phenoxy) is 1. The Hall–Kier alpha value is -2.31. The van der Waals surface area contributed by atoms with Crippen LogP contribution in [0.3, 0.4) is 0 Å². The summed E-state index contributed by atoms with van der Waals surface area (Å²) < 4.78 is 5.33. The maximum atomic E-state index is 12.6. The molecule has 2 aromatic rings. The predicted octanol–water partition coefficient (Wildman–Crippen LogP) is 4.48. The van der Waals surface area contributed by atoms with Crippen molar-refractivity contribution in [3.8, 4) is 0 Å². The maximum absolute atomic E-state index is 12.6. The normalized spacial score (nSPS) is 14.2. The van der Waals surface area contributed by atoms with Gasteiger partial charge >= 0.3 is 5.97 Å². The summed E-state index contributed by atoms with van der Waals surface area (Å²) in [5, 5.41) is 3.32. The monoisotopic (exact) mass is 417 g/mol. The van der Waals surface area contributed by atoms with Crippen LogP contribution in [0.2, 0.25) is 5.02 Å². The standard InChI is InChI=1S/C21H20ClNO4S/c1-13(24)23-17-11-14(3-8-19(17)28-2)18(25)12-27-20(26)21(9-10-21)15-4-6-16(22)7-5-15/h3-8,11H,9-10,12H2,1-2H3,(H,23,24). The molecule has 1 aliphatic rings. The van der Waals surface area contributed by atoms with E-state index in [1.807, 2.05) is 18.4 Å². The second-order valence-corrected chi connectivity index (χ2v) is 7.97. The number of hydrogen-bond donors (Lipinski definition) is 1. The van der Waals surface area contributed by atoms with Crippen molar-refractivity contribution in [2.24, 2.45) is 0 Å². The van der Waals surface area contributed by atoms with Gasteiger partial charge in [0.1, 0.15) is 0 Å². The largest absolute Gasteiger partial charge is 0.457 e. The molecule has 1 N–H and O–H groups in total. The summed E-state index contributed by atoms with van der Waals surface area (Å²) in [5.74, 6) is -0.935. The van der Waals surface area contributed by atoms with Crippen molar-refractivity contribution in [3.63, 3.8) is 0 Å². The van der Waals surface area contributed by atoms with Crippen LogP contribution in [0, 0.1) is 0 Å². The second-order valence-electron chi connectivity index (χ2n) is 6.68. The van der Waals surface area contributed by atoms with Crippen LogP contribution in [0.25, 0.3) is 0 Å². The van der Waals surface area contributed by atoms with Crippen LogP contribution >= 0.6 is 23.4 Å². The Morgan fingerprint density at radius 3 is 2.39 bits per heavy atom. The van der Waals surface area contributed by atoms with E-state index < -0.39 is 11.4 Å². The lowest BCUT2D eigenvalue weighted by Gasteiger charge is -2.15. The first-order chi connectivity index (χ1) is 13.4. The molecule has 0 radical (unpaired) electrons. The first-order valence-corrected chi connectivity index (χ1v) is 10.4. The fourth-order valence-corrected chi connectivity index (χ4v) is 3.69. The summed E-state index contributed by atoms with van der Waals surface area (Å²) >= 11 is 7.38. The molecule has 3 rings (SSSR count). The third kappa shape index (κ3) is 4.39. The number of anilines is 1. The zero-order chi connectivity index (χ0) is 20.3. The molecule has 0 atom stereocenters. The number of rotatable bonds is 7. The smallest absolute Gasteiger partial charge is 0.317 e. The first-order valence-electron chi connectivity index (χ1n) is 8.78. The molecule has 0 heterocycles. The third-order valence-corrected chi connectivity index (χ3v) is 5.75. The van der Waals surface area contributed by atoms with Crippen molar-refractivity contribution in [1.82, 2.24) is 0 Å². The van der Waals surface area contributed by atoms with Gasteiger partial charge in [-0.1, -0.05) is 29.8 Å². The number of carbonyl (C=O) groups is 3. The molecule has 0 aromatic heterocycles. The van der Waals surface area contributed by atoms with Gasteiger partial charge in [0.05, 0.1) is 11.1 Å². The van der Waals surface area contributed by atoms with E-state index >= 15 is 0 Å². The molecule has 1 saturated carbocycles. The molecule has 0 saturated heterocycles. The summed E-state index contributed by atoms with van der Waals surface area (Å²) in [6.07, 6.45) is 3.27. The molecule has 7 heteroatoms. The fraction of sp³-hybridized carbons (Fsp3) is 0.286. The highest BCUT2D eigenvalue weighted by Gasteiger charge is 2.52. The summed E-state index contributed by atoms with van der Waals surface area (Å²) in [6, 6.07) is 12.2. The summed E-state index contributed by atoms with van der Waals surface area (Å²) in [4.78, 5) is 37.3. The number of esters is 1. The molecule has 0 unspecified atom stereocenters. The van der Waals surface area contributed by atoms with Gasteiger partial charge in [-0.15, -0.1) is 11.8 Å². The van der Waals surface area contributed by atoms with Gasteiger partial charge in [-0.2, -0.15) is 0 Å². The number of amides is 1. The van der Waals surface area contributed by atoms with Gasteiger partial charge in [0, 0.05) is 22.4 Å². The van der Waals surface area contributed by atoms with Crippen LogP contribution in [-0.2, 0) is 19.7 Å². The van der Waals surface area contributed by atoms with Gasteiger partial charge in [-0.25, -0.2) is 0 Å². The number of halogens is 1. The molecular weight excluding hydrogens is 398 g/mol. The molecule has 5 nitrogen and oxygen atoms in total. The van der Waals surface area contributed by atoms with Crippen molar-refractivity contribution in [2.75, 3.05) is 18.2 Å². The van der Waals surface area contributed by atoms with Crippen molar-refractivity contribution in [2.45, 2.75) is 30.1 Å². The van der Waals surface area contributed by atoms with E-state index in [-0.39, 0.29) is 18.3 Å². The van der Waals surface area contributed by atoms with Crippen molar-refractivity contribution >= 4 is 46.7 Å². The van der Waals surface area contributed by atoms with Crippen molar-refractivity contribution in [3.05, 3.63) is 58.6 Å². The Balaban J connectivity index is 1.68. The Kier molecular flexibility index (Phi) is 6.10. The number of benzene rings is 2. The van der Waals surface area contributed by atoms with Gasteiger partial charge in [0.25, 0.3) is 0 Å². The van der Waals surface area contributed by atoms with E-state index in [9.17, 15) is 14.4 Å². The van der Waals surface area contributed by atoms with Crippen molar-refractivity contribution < 1.29 is 19.1 Å². The van der Waals surface area contributed by atoms with Crippen LogP contribution in [-0.4, -0.2) is 30.5 Å². The molecule has 1 aliphatic carbocycles. The quantitative estimate of drug-likeness (QED) is 0.408. The molecular formula is C21H20ClNO4S. The highest BCUT2D eigenvalue weighted by molar-refractivity contribution is 7.98. The van der Waals surface area contributed by atoms with E-state index in [0.717, 1.165) is 10.5 Å². The Morgan fingerprint density at radius 1 is 1.14 bits per heavy atom. The summed E-state index contributed by atoms with van der Waals surface area (Å²) in [7, 11) is 0. The second kappa shape index (κ2) is 8.37. The van der Waals surface area contributed by atoms with Gasteiger partial charge in [0.15, 0.2) is 12.4 Å². The highest BCUT2D eigenvalue weighted by Crippen LogP contribution is 2.49. The van der Waals surface area contributed by atoms with Crippen LogP contribution in [0.5, 0.6) is 0 Å². The lowest BCUT2D eigenvalue weighted by Crippen LogP contribution is -2.26. The minimum Gasteiger partial charge on any atom is -0.457 e. The number of ketones is 1. The van der Waals surface area contributed by atoms with Crippen LogP contribution in [0.1, 0.15) is 35.7 Å². The Bertz CT molecular complexity index is 923. The SMILES string of the molecule is CSc1ccc(C(=O)COC(=O)C2(c3ccc(Cl)cc3)CC2)cc1NC(C)=O. The lowest BCUT2D eigenvalue weighted by atomic mass is 9.96. The molecule has 146 valence electrons. The minimum atomic E-state index is -0.672. The zero-order valence-electron chi connectivity index (χ0n) is 15.6. The average Bonchev–Trinajstić information content (AvgIpc) is 3.48. The van der Waals surface area contributed by atoms with Gasteiger partial charge in [0.2, 0.25) is 5.91 Å². The Morgan fingerprint density at radius 2 is 1.82 bits per heavy atom. The maximum Gasteiger partial charge on any atom is 0.317 e. The number of Topliss-reactive ketones (excluding diaryl/α,β-unsaturated/α-hetero) is 1. The van der Waals surface area contributed by atoms with Crippen LogP contribution < -0.4 is 5.32 Å². The Labute approximate surface area is 172 Å². The van der Waals surface area contributed by atoms with Crippen molar-refractivity contribution in [1.29, 1.82) is 0 Å². The van der Waals surface area contributed by atoms with Gasteiger partial charge in [-0.05, 0) is 48.9 Å². The van der Waals surface area contributed by atoms with Crippen LogP contribution in [0.4, 0.5) is 5.69 Å². The summed E-state index contributed by atoms with van der Waals surface area (Å²) in [5.41, 5.74) is 1.13. The van der Waals surface area contributed by atoms with Crippen LogP contribution in [0.15, 0.2) is 47.4 Å². The molecule has 2 aromatic carbocycles. The lowest BCUT2D eigenvalue weighted by molar-refractivity contribution is -0.145. The average molecular weight is 418 g/mol. The number of carbonyl (C=O) groups excluding carboxylic acids is 3. The molecule has 1 amide bonds. The topological polar surface area (TPSA) is 72.5 Å².